The van der Waals surface area contributed by atoms with Crippen molar-refractivity contribution in [3.63, 3.8) is 0 Å². The number of hydrogen-bond acceptors (Lipinski definition) is 4. The summed E-state index contributed by atoms with van der Waals surface area (Å²) >= 11 is 1.08. The molecule has 58 valence electrons. The quantitative estimate of drug-likeness (QED) is 0.641. The molecule has 4 heteroatoms. The van der Waals surface area contributed by atoms with Crippen molar-refractivity contribution < 1.29 is 9.59 Å². The lowest BCUT2D eigenvalue weighted by Gasteiger charge is -2.03. The third-order valence-electron chi connectivity index (χ3n) is 0.988. The SMILES string of the molecule is CC(=O)SC[C@H](N)C(C)=O. The first-order chi connectivity index (χ1) is 4.54. The fourth-order valence-electron chi connectivity index (χ4n) is 0.324. The van der Waals surface area contributed by atoms with E-state index in [9.17, 15) is 9.59 Å². The summed E-state index contributed by atoms with van der Waals surface area (Å²) in [4.78, 5) is 20.9. The summed E-state index contributed by atoms with van der Waals surface area (Å²) in [6, 6.07) is -0.492. The normalized spacial score (nSPS) is 12.7. The predicted molar refractivity (Wildman–Crippen MR) is 41.8 cm³/mol. The highest BCUT2D eigenvalue weighted by atomic mass is 32.2. The van der Waals surface area contributed by atoms with E-state index in [1.807, 2.05) is 0 Å². The van der Waals surface area contributed by atoms with Crippen LogP contribution in [-0.4, -0.2) is 22.7 Å². The molecule has 0 aliphatic carbocycles. The first-order valence-corrected chi connectivity index (χ1v) is 3.92. The summed E-state index contributed by atoms with van der Waals surface area (Å²) in [6.45, 7) is 2.88. The Balaban J connectivity index is 3.49. The number of rotatable bonds is 3. The number of carbonyl (C=O) groups is 2. The molecule has 3 nitrogen and oxygen atoms in total. The van der Waals surface area contributed by atoms with Gasteiger partial charge in [0.25, 0.3) is 0 Å². The van der Waals surface area contributed by atoms with Gasteiger partial charge in [-0.1, -0.05) is 11.8 Å². The van der Waals surface area contributed by atoms with Gasteiger partial charge in [0.2, 0.25) is 0 Å². The van der Waals surface area contributed by atoms with E-state index in [1.165, 1.54) is 13.8 Å². The zero-order valence-corrected chi connectivity index (χ0v) is 6.90. The van der Waals surface area contributed by atoms with Crippen molar-refractivity contribution in [1.82, 2.24) is 0 Å². The molecule has 0 heterocycles. The Morgan fingerprint density at radius 2 is 2.00 bits per heavy atom. The maximum Gasteiger partial charge on any atom is 0.185 e. The second-order valence-corrected chi connectivity index (χ2v) is 3.22. The molecule has 0 aromatic heterocycles. The van der Waals surface area contributed by atoms with Crippen molar-refractivity contribution in [2.24, 2.45) is 5.73 Å². The smallest absolute Gasteiger partial charge is 0.185 e. The zero-order valence-electron chi connectivity index (χ0n) is 6.09. The molecule has 0 bridgehead atoms. The van der Waals surface area contributed by atoms with E-state index in [2.05, 4.69) is 0 Å². The molecule has 0 fully saturated rings. The molecule has 0 rings (SSSR count). The molecule has 10 heavy (non-hydrogen) atoms. The van der Waals surface area contributed by atoms with Crippen LogP contribution >= 0.6 is 11.8 Å². The van der Waals surface area contributed by atoms with Crippen LogP contribution in [0.4, 0.5) is 0 Å². The first kappa shape index (κ1) is 9.65. The van der Waals surface area contributed by atoms with Crippen LogP contribution in [0.3, 0.4) is 0 Å². The van der Waals surface area contributed by atoms with E-state index in [-0.39, 0.29) is 10.9 Å². The third kappa shape index (κ3) is 4.52. The van der Waals surface area contributed by atoms with Gasteiger partial charge in [-0.05, 0) is 6.92 Å². The van der Waals surface area contributed by atoms with Gasteiger partial charge in [0, 0.05) is 12.7 Å². The molecule has 0 radical (unpaired) electrons. The van der Waals surface area contributed by atoms with Gasteiger partial charge in [-0.3, -0.25) is 9.59 Å². The Kier molecular flexibility index (Phi) is 4.31. The standard InChI is InChI=1S/C6H11NO2S/c1-4(8)6(7)3-10-5(2)9/h6H,3,7H2,1-2H3/t6-/m0/s1. The summed E-state index contributed by atoms with van der Waals surface area (Å²) in [5, 5.41) is -0.00306. The molecule has 1 atom stereocenters. The molecule has 2 N–H and O–H groups in total. The molecule has 0 saturated heterocycles. The molecule has 0 spiro atoms. The Hall–Kier alpha value is -0.350. The van der Waals surface area contributed by atoms with Crippen molar-refractivity contribution in [3.05, 3.63) is 0 Å². The van der Waals surface area contributed by atoms with Crippen molar-refractivity contribution >= 4 is 22.7 Å². The number of thioether (sulfide) groups is 1. The van der Waals surface area contributed by atoms with Crippen LogP contribution in [0.15, 0.2) is 0 Å². The molecule has 0 amide bonds. The lowest BCUT2D eigenvalue weighted by atomic mass is 10.3. The van der Waals surface area contributed by atoms with Crippen molar-refractivity contribution in [3.8, 4) is 0 Å². The van der Waals surface area contributed by atoms with Crippen LogP contribution in [0.1, 0.15) is 13.8 Å². The van der Waals surface area contributed by atoms with Gasteiger partial charge in [-0.15, -0.1) is 0 Å². The average Bonchev–Trinajstić information content (AvgIpc) is 1.82. The second kappa shape index (κ2) is 4.46. The van der Waals surface area contributed by atoms with Gasteiger partial charge in [0.15, 0.2) is 5.12 Å². The average molecular weight is 161 g/mol. The number of ketones is 1. The van der Waals surface area contributed by atoms with Crippen molar-refractivity contribution in [1.29, 1.82) is 0 Å². The Morgan fingerprint density at radius 1 is 1.50 bits per heavy atom. The Morgan fingerprint density at radius 3 is 2.30 bits per heavy atom. The first-order valence-electron chi connectivity index (χ1n) is 2.93. The maximum atomic E-state index is 10.5. The third-order valence-corrected chi connectivity index (χ3v) is 1.92. The van der Waals surface area contributed by atoms with Gasteiger partial charge in [-0.25, -0.2) is 0 Å². The highest BCUT2D eigenvalue weighted by molar-refractivity contribution is 8.13. The fourth-order valence-corrected chi connectivity index (χ4v) is 0.973. The summed E-state index contributed by atoms with van der Waals surface area (Å²) in [7, 11) is 0. The van der Waals surface area contributed by atoms with Gasteiger partial charge in [0.1, 0.15) is 5.78 Å². The molecule has 0 aliphatic rings. The number of hydrogen-bond donors (Lipinski definition) is 1. The van der Waals surface area contributed by atoms with E-state index >= 15 is 0 Å². The minimum Gasteiger partial charge on any atom is -0.321 e. The molecule has 0 aromatic rings. The van der Waals surface area contributed by atoms with E-state index in [4.69, 9.17) is 5.73 Å². The lowest BCUT2D eigenvalue weighted by molar-refractivity contribution is -0.117. The maximum absolute atomic E-state index is 10.5. The van der Waals surface area contributed by atoms with E-state index in [0.717, 1.165) is 11.8 Å². The van der Waals surface area contributed by atoms with Gasteiger partial charge < -0.3 is 5.73 Å². The number of carbonyl (C=O) groups excluding carboxylic acids is 2. The molecule has 0 unspecified atom stereocenters. The fraction of sp³-hybridized carbons (Fsp3) is 0.667. The summed E-state index contributed by atoms with van der Waals surface area (Å²) in [6.07, 6.45) is 0. The van der Waals surface area contributed by atoms with Crippen molar-refractivity contribution in [2.45, 2.75) is 19.9 Å². The van der Waals surface area contributed by atoms with Gasteiger partial charge in [0.05, 0.1) is 6.04 Å². The zero-order chi connectivity index (χ0) is 8.15. The van der Waals surface area contributed by atoms with Crippen LogP contribution < -0.4 is 5.73 Å². The Bertz CT molecular complexity index is 147. The largest absolute Gasteiger partial charge is 0.321 e. The molecular formula is C6H11NO2S. The van der Waals surface area contributed by atoms with Crippen LogP contribution in [0, 0.1) is 0 Å². The van der Waals surface area contributed by atoms with Crippen LogP contribution in [0.5, 0.6) is 0 Å². The molecule has 0 aromatic carbocycles. The summed E-state index contributed by atoms with van der Waals surface area (Å²) < 4.78 is 0. The summed E-state index contributed by atoms with van der Waals surface area (Å²) in [5.74, 6) is 0.318. The monoisotopic (exact) mass is 161 g/mol. The topological polar surface area (TPSA) is 60.2 Å². The van der Waals surface area contributed by atoms with E-state index in [1.54, 1.807) is 0 Å². The van der Waals surface area contributed by atoms with E-state index < -0.39 is 6.04 Å². The van der Waals surface area contributed by atoms with Crippen LogP contribution in [-0.2, 0) is 9.59 Å². The van der Waals surface area contributed by atoms with Gasteiger partial charge >= 0.3 is 0 Å². The van der Waals surface area contributed by atoms with E-state index in [0.29, 0.717) is 5.75 Å². The van der Waals surface area contributed by atoms with Gasteiger partial charge in [-0.2, -0.15) is 0 Å². The number of Topliss-reactive ketones (excluding diaryl/α,β-unsaturated/α-hetero) is 1. The minimum atomic E-state index is -0.492. The number of nitrogens with two attached hydrogens (primary N) is 1. The summed E-state index contributed by atoms with van der Waals surface area (Å²) in [5.41, 5.74) is 5.34. The lowest BCUT2D eigenvalue weighted by Crippen LogP contribution is -2.31. The van der Waals surface area contributed by atoms with Crippen LogP contribution in [0.25, 0.3) is 0 Å². The van der Waals surface area contributed by atoms with Crippen molar-refractivity contribution in [2.75, 3.05) is 5.75 Å². The minimum absolute atomic E-state index is 0.00306. The molecular weight excluding hydrogens is 150 g/mol. The highest BCUT2D eigenvalue weighted by Crippen LogP contribution is 2.02. The molecule has 0 saturated carbocycles. The van der Waals surface area contributed by atoms with Crippen LogP contribution in [0.2, 0.25) is 0 Å². The Labute approximate surface area is 64.4 Å². The second-order valence-electron chi connectivity index (χ2n) is 2.02. The molecule has 0 aliphatic heterocycles. The predicted octanol–water partition coefficient (Wildman–Crippen LogP) is 0.182. The highest BCUT2D eigenvalue weighted by Gasteiger charge is 2.08.